The maximum absolute atomic E-state index is 12.9. The highest BCUT2D eigenvalue weighted by Gasteiger charge is 2.22. The van der Waals surface area contributed by atoms with Gasteiger partial charge in [0, 0.05) is 12.8 Å². The van der Waals surface area contributed by atoms with E-state index in [2.05, 4.69) is 123 Å². The molecule has 2 atom stereocenters. The van der Waals surface area contributed by atoms with Crippen LogP contribution in [0.5, 0.6) is 0 Å². The lowest BCUT2D eigenvalue weighted by Crippen LogP contribution is -2.37. The van der Waals surface area contributed by atoms with Crippen molar-refractivity contribution in [3.8, 4) is 0 Å². The Hall–Kier alpha value is -3.33. The fraction of sp³-hybridized carbons (Fsp3) is 0.762. The monoisotopic (exact) mass is 1330 g/mol. The number of likely N-dealkylation sites (N-methyl/N-ethyl adjacent to an activating group) is 1. The molecule has 0 aliphatic heterocycles. The van der Waals surface area contributed by atoms with E-state index in [1.54, 1.807) is 0 Å². The smallest absolute Gasteiger partial charge is 0.306 e. The number of allylic oxidation sites excluding steroid dienone is 18. The van der Waals surface area contributed by atoms with Gasteiger partial charge < -0.3 is 27.9 Å². The molecule has 0 amide bonds. The number of carbonyl (C=O) groups excluding carboxylic acids is 2. The molecule has 0 heterocycles. The minimum Gasteiger partial charge on any atom is -0.756 e. The molecule has 94 heavy (non-hydrogen) atoms. The van der Waals surface area contributed by atoms with Crippen LogP contribution in [0.4, 0.5) is 0 Å². The molecule has 0 spiro atoms. The number of ether oxygens (including phenoxy) is 2. The summed E-state index contributed by atoms with van der Waals surface area (Å²) in [4.78, 5) is 38.2. The van der Waals surface area contributed by atoms with Gasteiger partial charge in [0.1, 0.15) is 19.8 Å². The van der Waals surface area contributed by atoms with E-state index in [4.69, 9.17) is 18.5 Å². The van der Waals surface area contributed by atoms with Gasteiger partial charge in [0.25, 0.3) is 7.82 Å². The van der Waals surface area contributed by atoms with Crippen LogP contribution >= 0.6 is 7.82 Å². The first-order valence-electron chi connectivity index (χ1n) is 39.6. The summed E-state index contributed by atoms with van der Waals surface area (Å²) in [6.07, 6.45) is 105. The minimum atomic E-state index is -4.65. The van der Waals surface area contributed by atoms with Crippen molar-refractivity contribution in [3.63, 3.8) is 0 Å². The Morgan fingerprint density at radius 2 is 0.574 bits per heavy atom. The third-order valence-corrected chi connectivity index (χ3v) is 18.3. The van der Waals surface area contributed by atoms with Crippen LogP contribution in [0.25, 0.3) is 0 Å². The van der Waals surface area contributed by atoms with E-state index in [-0.39, 0.29) is 32.0 Å². The number of rotatable bonds is 73. The number of nitrogens with zero attached hydrogens (tertiary/aromatic N) is 1. The Kier molecular flexibility index (Phi) is 71.3. The van der Waals surface area contributed by atoms with Crippen molar-refractivity contribution in [2.24, 2.45) is 0 Å². The molecule has 0 aromatic rings. The van der Waals surface area contributed by atoms with Crippen molar-refractivity contribution < 1.29 is 42.1 Å². The highest BCUT2D eigenvalue weighted by Crippen LogP contribution is 2.38. The molecule has 0 fully saturated rings. The summed E-state index contributed by atoms with van der Waals surface area (Å²) in [5.74, 6) is -0.818. The number of esters is 2. The predicted molar refractivity (Wildman–Crippen MR) is 406 cm³/mol. The van der Waals surface area contributed by atoms with Crippen molar-refractivity contribution in [2.45, 2.75) is 367 Å². The molecular weight excluding hydrogens is 1180 g/mol. The number of hydrogen-bond donors (Lipinski definition) is 0. The van der Waals surface area contributed by atoms with Gasteiger partial charge in [0.15, 0.2) is 6.10 Å². The van der Waals surface area contributed by atoms with E-state index in [0.717, 1.165) is 96.3 Å². The van der Waals surface area contributed by atoms with Crippen molar-refractivity contribution >= 4 is 19.8 Å². The average Bonchev–Trinajstić information content (AvgIpc) is 1.56. The molecule has 544 valence electrons. The maximum atomic E-state index is 12.9. The molecule has 0 aromatic carbocycles. The van der Waals surface area contributed by atoms with Crippen molar-refractivity contribution in [2.75, 3.05) is 47.5 Å². The topological polar surface area (TPSA) is 111 Å². The fourth-order valence-electron chi connectivity index (χ4n) is 11.3. The van der Waals surface area contributed by atoms with Gasteiger partial charge in [0.05, 0.1) is 27.7 Å². The van der Waals surface area contributed by atoms with Crippen LogP contribution in [0, 0.1) is 0 Å². The molecule has 0 aromatic heterocycles. The van der Waals surface area contributed by atoms with Crippen LogP contribution in [0.15, 0.2) is 109 Å². The van der Waals surface area contributed by atoms with Crippen LogP contribution in [0.3, 0.4) is 0 Å². The van der Waals surface area contributed by atoms with E-state index >= 15 is 0 Å². The van der Waals surface area contributed by atoms with Crippen molar-refractivity contribution in [1.82, 2.24) is 0 Å². The van der Waals surface area contributed by atoms with Crippen LogP contribution in [-0.2, 0) is 32.7 Å². The van der Waals surface area contributed by atoms with Crippen molar-refractivity contribution in [1.29, 1.82) is 0 Å². The quantitative estimate of drug-likeness (QED) is 0.0195. The van der Waals surface area contributed by atoms with Crippen LogP contribution < -0.4 is 4.89 Å². The Bertz CT molecular complexity index is 1960. The first kappa shape index (κ1) is 90.7. The van der Waals surface area contributed by atoms with Gasteiger partial charge in [-0.1, -0.05) is 361 Å². The summed E-state index contributed by atoms with van der Waals surface area (Å²) in [5, 5.41) is 0. The lowest BCUT2D eigenvalue weighted by molar-refractivity contribution is -0.870. The summed E-state index contributed by atoms with van der Waals surface area (Å²) in [7, 11) is 1.18. The van der Waals surface area contributed by atoms with Crippen LogP contribution in [0.1, 0.15) is 361 Å². The minimum absolute atomic E-state index is 0.0314. The molecule has 0 radical (unpaired) electrons. The Morgan fingerprint density at radius 3 is 0.851 bits per heavy atom. The summed E-state index contributed by atoms with van der Waals surface area (Å²) < 4.78 is 34.4. The van der Waals surface area contributed by atoms with E-state index in [9.17, 15) is 19.0 Å². The second kappa shape index (κ2) is 73.9. The Labute approximate surface area is 582 Å². The zero-order valence-corrected chi connectivity index (χ0v) is 63.0. The van der Waals surface area contributed by atoms with Crippen LogP contribution in [-0.4, -0.2) is 70.0 Å². The molecule has 2 unspecified atom stereocenters. The number of phosphoric acid groups is 1. The highest BCUT2D eigenvalue weighted by atomic mass is 31.2. The van der Waals surface area contributed by atoms with Gasteiger partial charge in [-0.3, -0.25) is 14.2 Å². The third-order valence-electron chi connectivity index (χ3n) is 17.3. The van der Waals surface area contributed by atoms with Gasteiger partial charge in [-0.25, -0.2) is 0 Å². The number of hydrogen-bond acceptors (Lipinski definition) is 8. The lowest BCUT2D eigenvalue weighted by atomic mass is 10.0. The molecule has 0 N–H and O–H groups in total. The summed E-state index contributed by atoms with van der Waals surface area (Å²) >= 11 is 0. The average molecular weight is 1330 g/mol. The molecule has 0 bridgehead atoms. The first-order valence-corrected chi connectivity index (χ1v) is 41.1. The lowest BCUT2D eigenvalue weighted by Gasteiger charge is -2.28. The van der Waals surface area contributed by atoms with Gasteiger partial charge in [-0.15, -0.1) is 0 Å². The second-order valence-electron chi connectivity index (χ2n) is 27.7. The zero-order valence-electron chi connectivity index (χ0n) is 62.1. The summed E-state index contributed by atoms with van der Waals surface area (Å²) in [6, 6.07) is 0. The molecular formula is C84H150NO8P. The molecule has 0 aliphatic rings. The molecule has 0 saturated heterocycles. The van der Waals surface area contributed by atoms with Gasteiger partial charge in [-0.2, -0.15) is 0 Å². The van der Waals surface area contributed by atoms with Crippen LogP contribution in [0.2, 0.25) is 0 Å². The van der Waals surface area contributed by atoms with E-state index in [1.807, 2.05) is 21.1 Å². The number of phosphoric ester groups is 1. The largest absolute Gasteiger partial charge is 0.756 e. The highest BCUT2D eigenvalue weighted by molar-refractivity contribution is 7.45. The molecule has 10 heteroatoms. The Balaban J connectivity index is 3.93. The first-order chi connectivity index (χ1) is 46.0. The second-order valence-corrected chi connectivity index (χ2v) is 29.1. The normalized spacial score (nSPS) is 13.6. The SMILES string of the molecule is CC/C=C\C/C=C\C/C=C\C/C=C\C/C=C\CCCCCCCCCCCCCCCCCCCC(=O)OC(COC(=O)CCCCCCCCCCCCCCCCCCCCCCCCCC/C=C\C/C=C\C/C=C\C/C=C\CC)COP(=O)([O-])OCC[N+](C)(C)C. The van der Waals surface area contributed by atoms with Crippen molar-refractivity contribution in [3.05, 3.63) is 109 Å². The maximum Gasteiger partial charge on any atom is 0.306 e. The van der Waals surface area contributed by atoms with Gasteiger partial charge in [0.2, 0.25) is 0 Å². The third kappa shape index (κ3) is 77.7. The van der Waals surface area contributed by atoms with E-state index < -0.39 is 26.5 Å². The standard InChI is InChI=1S/C84H150NO8P/c1-6-8-10-12-14-16-18-20-22-24-26-28-30-32-34-36-38-40-41-42-43-45-46-48-50-52-54-56-58-60-62-64-66-68-70-72-74-76-83(86)90-80-82(81-92-94(88,89)91-79-78-85(3,4)5)93-84(87)77-75-73-71-69-67-65-63-61-59-57-55-53-51-49-47-44-39-37-35-33-31-29-27-25-23-21-19-17-15-13-11-9-7-2/h8-11,14-17,20-23,26-29,33,35,82H,6-7,12-13,18-19,24-25,30-32,34,36-81H2,1-5H3/b10-8-,11-9-,16-14-,17-15-,22-20-,23-21-,28-26-,29-27-,35-33-. The molecule has 0 rings (SSSR count). The number of quaternary nitrogens is 1. The summed E-state index contributed by atoms with van der Waals surface area (Å²) in [5.41, 5.74) is 0. The van der Waals surface area contributed by atoms with Gasteiger partial charge in [-0.05, 0) is 96.3 Å². The zero-order chi connectivity index (χ0) is 68.3. The number of unbranched alkanes of at least 4 members (excludes halogenated alkanes) is 41. The summed E-state index contributed by atoms with van der Waals surface area (Å²) in [6.45, 7) is 4.06. The fourth-order valence-corrected chi connectivity index (χ4v) is 12.1. The Morgan fingerprint density at radius 1 is 0.330 bits per heavy atom. The van der Waals surface area contributed by atoms with E-state index in [1.165, 1.54) is 231 Å². The van der Waals surface area contributed by atoms with E-state index in [0.29, 0.717) is 17.4 Å². The molecule has 0 aliphatic carbocycles. The molecule has 9 nitrogen and oxygen atoms in total. The predicted octanol–water partition coefficient (Wildman–Crippen LogP) is 25.8. The van der Waals surface area contributed by atoms with Gasteiger partial charge >= 0.3 is 11.9 Å². The number of carbonyl (C=O) groups is 2. The molecule has 0 saturated carbocycles.